The number of rotatable bonds is 7. The number of hydrogen-bond acceptors (Lipinski definition) is 2. The van der Waals surface area contributed by atoms with E-state index in [9.17, 15) is 14.7 Å². The van der Waals surface area contributed by atoms with Gasteiger partial charge in [-0.15, -0.1) is 0 Å². The fraction of sp³-hybridized carbons (Fsp3) is 0.867. The maximum atomic E-state index is 12.1. The van der Waals surface area contributed by atoms with E-state index in [2.05, 4.69) is 6.92 Å². The first-order valence-corrected chi connectivity index (χ1v) is 7.57. The van der Waals surface area contributed by atoms with Crippen molar-refractivity contribution in [3.63, 3.8) is 0 Å². The smallest absolute Gasteiger partial charge is 0.311 e. The van der Waals surface area contributed by atoms with Crippen molar-refractivity contribution in [1.29, 1.82) is 0 Å². The van der Waals surface area contributed by atoms with Crippen molar-refractivity contribution < 1.29 is 14.7 Å². The predicted octanol–water partition coefficient (Wildman–Crippen LogP) is 3.06. The topological polar surface area (TPSA) is 57.6 Å². The fourth-order valence-corrected chi connectivity index (χ4v) is 2.99. The maximum Gasteiger partial charge on any atom is 0.311 e. The molecule has 1 unspecified atom stereocenters. The Labute approximate surface area is 116 Å². The fourth-order valence-electron chi connectivity index (χ4n) is 2.99. The first-order valence-electron chi connectivity index (χ1n) is 7.57. The third-order valence-corrected chi connectivity index (χ3v) is 4.11. The summed E-state index contributed by atoms with van der Waals surface area (Å²) < 4.78 is 0. The Kier molecular flexibility index (Phi) is 6.32. The van der Waals surface area contributed by atoms with Crippen molar-refractivity contribution in [1.82, 2.24) is 4.90 Å². The average Bonchev–Trinajstić information content (AvgIpc) is 2.39. The van der Waals surface area contributed by atoms with Crippen LogP contribution in [0.1, 0.15) is 65.2 Å². The highest BCUT2D eigenvalue weighted by Crippen LogP contribution is 2.35. The molecule has 1 fully saturated rings. The highest BCUT2D eigenvalue weighted by molar-refractivity contribution is 5.79. The first-order chi connectivity index (χ1) is 9.05. The molecule has 1 amide bonds. The van der Waals surface area contributed by atoms with E-state index in [4.69, 9.17) is 0 Å². The van der Waals surface area contributed by atoms with Gasteiger partial charge in [0.1, 0.15) is 0 Å². The van der Waals surface area contributed by atoms with Crippen LogP contribution in [0.15, 0.2) is 0 Å². The molecule has 0 saturated carbocycles. The molecule has 1 aliphatic rings. The number of carboxylic acids is 1. The van der Waals surface area contributed by atoms with E-state index in [1.54, 1.807) is 4.90 Å². The molecule has 0 aliphatic carbocycles. The van der Waals surface area contributed by atoms with Crippen molar-refractivity contribution in [3.8, 4) is 0 Å². The van der Waals surface area contributed by atoms with Crippen LogP contribution in [0.25, 0.3) is 0 Å². The normalized spacial score (nSPS) is 23.4. The molecule has 0 bridgehead atoms. The summed E-state index contributed by atoms with van der Waals surface area (Å²) in [6.45, 7) is 5.25. The molecule has 1 aliphatic heterocycles. The van der Waals surface area contributed by atoms with Gasteiger partial charge in [-0.3, -0.25) is 9.59 Å². The maximum absolute atomic E-state index is 12.1. The summed E-state index contributed by atoms with van der Waals surface area (Å²) in [5.41, 5.74) is -0.701. The van der Waals surface area contributed by atoms with Crippen LogP contribution < -0.4 is 0 Å². The summed E-state index contributed by atoms with van der Waals surface area (Å²) in [7, 11) is 0. The Morgan fingerprint density at radius 1 is 1.21 bits per heavy atom. The zero-order valence-corrected chi connectivity index (χ0v) is 12.3. The minimum absolute atomic E-state index is 0.134. The third-order valence-electron chi connectivity index (χ3n) is 4.11. The van der Waals surface area contributed by atoms with Crippen molar-refractivity contribution in [3.05, 3.63) is 0 Å². The van der Waals surface area contributed by atoms with Gasteiger partial charge in [-0.25, -0.2) is 0 Å². The number of aliphatic carboxylic acids is 1. The predicted molar refractivity (Wildman–Crippen MR) is 74.9 cm³/mol. The molecule has 110 valence electrons. The largest absolute Gasteiger partial charge is 0.481 e. The number of piperidine rings is 1. The minimum atomic E-state index is -0.736. The number of nitrogens with zero attached hydrogens (tertiary/aromatic N) is 1. The standard InChI is InChI=1S/C15H27NO3/c1-3-5-6-8-13(17)16-11-7-10-15(12-16,9-4-2)14(18)19/h3-12H2,1-2H3,(H,18,19). The van der Waals surface area contributed by atoms with Gasteiger partial charge in [0.05, 0.1) is 5.41 Å². The Bertz CT molecular complexity index is 313. The second-order valence-electron chi connectivity index (χ2n) is 5.71. The van der Waals surface area contributed by atoms with Gasteiger partial charge in [-0.2, -0.15) is 0 Å². The van der Waals surface area contributed by atoms with Crippen LogP contribution in [0, 0.1) is 5.41 Å². The SMILES string of the molecule is CCCCCC(=O)N1CCCC(CCC)(C(=O)O)C1. The second-order valence-corrected chi connectivity index (χ2v) is 5.71. The summed E-state index contributed by atoms with van der Waals surface area (Å²) >= 11 is 0. The van der Waals surface area contributed by atoms with E-state index in [1.165, 1.54) is 0 Å². The number of carbonyl (C=O) groups excluding carboxylic acids is 1. The van der Waals surface area contributed by atoms with Gasteiger partial charge < -0.3 is 10.0 Å². The van der Waals surface area contributed by atoms with Gasteiger partial charge in [-0.05, 0) is 25.7 Å². The van der Waals surface area contributed by atoms with Gasteiger partial charge in [0.2, 0.25) is 5.91 Å². The zero-order chi connectivity index (χ0) is 14.3. The van der Waals surface area contributed by atoms with Gasteiger partial charge in [0.25, 0.3) is 0 Å². The quantitative estimate of drug-likeness (QED) is 0.723. The summed E-state index contributed by atoms with van der Waals surface area (Å²) in [5.74, 6) is -0.602. The molecule has 0 radical (unpaired) electrons. The molecule has 0 aromatic rings. The molecule has 4 heteroatoms. The van der Waals surface area contributed by atoms with Gasteiger partial charge >= 0.3 is 5.97 Å². The number of hydrogen-bond donors (Lipinski definition) is 1. The average molecular weight is 269 g/mol. The van der Waals surface area contributed by atoms with E-state index in [0.29, 0.717) is 25.8 Å². The van der Waals surface area contributed by atoms with Crippen molar-refractivity contribution in [2.24, 2.45) is 5.41 Å². The molecule has 1 atom stereocenters. The van der Waals surface area contributed by atoms with E-state index >= 15 is 0 Å². The number of likely N-dealkylation sites (tertiary alicyclic amines) is 1. The van der Waals surface area contributed by atoms with Crippen LogP contribution in [-0.2, 0) is 9.59 Å². The van der Waals surface area contributed by atoms with E-state index in [0.717, 1.165) is 38.6 Å². The lowest BCUT2D eigenvalue weighted by molar-refractivity contribution is -0.155. The summed E-state index contributed by atoms with van der Waals surface area (Å²) in [4.78, 5) is 25.5. The molecular formula is C15H27NO3. The molecular weight excluding hydrogens is 242 g/mol. The van der Waals surface area contributed by atoms with Crippen molar-refractivity contribution in [2.45, 2.75) is 65.2 Å². The summed E-state index contributed by atoms with van der Waals surface area (Å²) in [6, 6.07) is 0. The van der Waals surface area contributed by atoms with Gasteiger partial charge in [-0.1, -0.05) is 33.1 Å². The molecule has 0 aromatic heterocycles. The van der Waals surface area contributed by atoms with Crippen molar-refractivity contribution >= 4 is 11.9 Å². The number of amides is 1. The van der Waals surface area contributed by atoms with Crippen LogP contribution in [0.4, 0.5) is 0 Å². The van der Waals surface area contributed by atoms with Crippen LogP contribution in [0.2, 0.25) is 0 Å². The minimum Gasteiger partial charge on any atom is -0.481 e. The summed E-state index contributed by atoms with van der Waals surface area (Å²) in [5, 5.41) is 9.50. The van der Waals surface area contributed by atoms with E-state index in [1.807, 2.05) is 6.92 Å². The van der Waals surface area contributed by atoms with Gasteiger partial charge in [0, 0.05) is 19.5 Å². The first kappa shape index (κ1) is 16.0. The molecule has 4 nitrogen and oxygen atoms in total. The van der Waals surface area contributed by atoms with Gasteiger partial charge in [0.15, 0.2) is 0 Å². The molecule has 1 saturated heterocycles. The molecule has 1 heterocycles. The van der Waals surface area contributed by atoms with Crippen LogP contribution in [0.5, 0.6) is 0 Å². The molecule has 1 rings (SSSR count). The Morgan fingerprint density at radius 2 is 1.95 bits per heavy atom. The van der Waals surface area contributed by atoms with Crippen LogP contribution >= 0.6 is 0 Å². The molecule has 0 aromatic carbocycles. The highest BCUT2D eigenvalue weighted by Gasteiger charge is 2.42. The Morgan fingerprint density at radius 3 is 2.53 bits per heavy atom. The lowest BCUT2D eigenvalue weighted by Crippen LogP contribution is -2.49. The lowest BCUT2D eigenvalue weighted by Gasteiger charge is -2.40. The van der Waals surface area contributed by atoms with Crippen molar-refractivity contribution in [2.75, 3.05) is 13.1 Å². The number of unbranched alkanes of at least 4 members (excludes halogenated alkanes) is 2. The Balaban J connectivity index is 2.61. The molecule has 19 heavy (non-hydrogen) atoms. The zero-order valence-electron chi connectivity index (χ0n) is 12.3. The molecule has 0 spiro atoms. The number of carboxylic acid groups (broad SMARTS) is 1. The lowest BCUT2D eigenvalue weighted by atomic mass is 9.76. The monoisotopic (exact) mass is 269 g/mol. The molecule has 1 N–H and O–H groups in total. The summed E-state index contributed by atoms with van der Waals surface area (Å²) in [6.07, 6.45) is 6.68. The second kappa shape index (κ2) is 7.51. The Hall–Kier alpha value is -1.06. The van der Waals surface area contributed by atoms with Crippen LogP contribution in [0.3, 0.4) is 0 Å². The van der Waals surface area contributed by atoms with E-state index < -0.39 is 11.4 Å². The third kappa shape index (κ3) is 4.22. The number of carbonyl (C=O) groups is 2. The van der Waals surface area contributed by atoms with Crippen LogP contribution in [-0.4, -0.2) is 35.0 Å². The highest BCUT2D eigenvalue weighted by atomic mass is 16.4. The van der Waals surface area contributed by atoms with E-state index in [-0.39, 0.29) is 5.91 Å².